The number of nitrogens with zero attached hydrogens (tertiary/aromatic N) is 2. The monoisotopic (exact) mass is 378 g/mol. The van der Waals surface area contributed by atoms with Crippen molar-refractivity contribution in [2.45, 2.75) is 20.4 Å². The molecule has 0 aliphatic rings. The summed E-state index contributed by atoms with van der Waals surface area (Å²) in [7, 11) is 0. The van der Waals surface area contributed by atoms with Crippen molar-refractivity contribution in [3.05, 3.63) is 64.2 Å². The average molecular weight is 379 g/mol. The zero-order chi connectivity index (χ0) is 18.1. The summed E-state index contributed by atoms with van der Waals surface area (Å²) in [6.45, 7) is 8.75. The number of nitro groups is 1. The topological polar surface area (TPSA) is 70.4 Å². The first-order valence-corrected chi connectivity index (χ1v) is 8.67. The summed E-state index contributed by atoms with van der Waals surface area (Å²) in [5.41, 5.74) is 3.51. The molecule has 2 rings (SSSR count). The van der Waals surface area contributed by atoms with Gasteiger partial charge in [0.1, 0.15) is 0 Å². The Kier molecular flexibility index (Phi) is 9.47. The van der Waals surface area contributed by atoms with Crippen LogP contribution in [0.1, 0.15) is 19.4 Å². The van der Waals surface area contributed by atoms with Gasteiger partial charge in [-0.25, -0.2) is 0 Å². The zero-order valence-corrected chi connectivity index (χ0v) is 16.1. The first kappa shape index (κ1) is 21.7. The molecule has 0 fully saturated rings. The molecule has 0 atom stereocenters. The second-order valence-electron chi connectivity index (χ2n) is 5.75. The number of non-ortho nitro benzene ring substituents is 1. The number of halogens is 1. The standard InChI is InChI=1S/C19H26N4O2.ClH/c1-3-22(4-2)18-9-5-16(6-10-18)15-20-13-14-21-17-7-11-19(12-8-17)23(24)25;/h5-12,20-21H,3-4,13-15H2,1-2H3;1H. The molecule has 0 saturated heterocycles. The van der Waals surface area contributed by atoms with Gasteiger partial charge in [0.25, 0.3) is 5.69 Å². The van der Waals surface area contributed by atoms with Crippen LogP contribution in [-0.2, 0) is 6.54 Å². The van der Waals surface area contributed by atoms with Gasteiger partial charge in [0.2, 0.25) is 0 Å². The fraction of sp³-hybridized carbons (Fsp3) is 0.368. The predicted octanol–water partition coefficient (Wildman–Crippen LogP) is 4.06. The Labute approximate surface area is 161 Å². The summed E-state index contributed by atoms with van der Waals surface area (Å²) >= 11 is 0. The summed E-state index contributed by atoms with van der Waals surface area (Å²) in [5, 5.41) is 17.2. The number of nitrogens with one attached hydrogen (secondary N) is 2. The predicted molar refractivity (Wildman–Crippen MR) is 111 cm³/mol. The molecule has 0 bridgehead atoms. The lowest BCUT2D eigenvalue weighted by molar-refractivity contribution is -0.384. The van der Waals surface area contributed by atoms with Crippen LogP contribution in [0.3, 0.4) is 0 Å². The second kappa shape index (κ2) is 11.3. The molecule has 6 nitrogen and oxygen atoms in total. The van der Waals surface area contributed by atoms with E-state index in [1.807, 2.05) is 0 Å². The van der Waals surface area contributed by atoms with Crippen molar-refractivity contribution in [3.8, 4) is 0 Å². The molecule has 0 saturated carbocycles. The van der Waals surface area contributed by atoms with Gasteiger partial charge in [-0.3, -0.25) is 10.1 Å². The summed E-state index contributed by atoms with van der Waals surface area (Å²) in [4.78, 5) is 12.5. The van der Waals surface area contributed by atoms with E-state index in [2.05, 4.69) is 53.6 Å². The number of rotatable bonds is 10. The van der Waals surface area contributed by atoms with Gasteiger partial charge in [-0.2, -0.15) is 0 Å². The molecule has 0 amide bonds. The molecule has 2 aromatic carbocycles. The Hall–Kier alpha value is -2.31. The highest BCUT2D eigenvalue weighted by molar-refractivity contribution is 5.85. The minimum absolute atomic E-state index is 0. The molecular formula is C19H27ClN4O2. The Morgan fingerprint density at radius 2 is 1.58 bits per heavy atom. The normalized spacial score (nSPS) is 10.1. The first-order chi connectivity index (χ1) is 12.1. The van der Waals surface area contributed by atoms with E-state index in [9.17, 15) is 10.1 Å². The number of anilines is 2. The van der Waals surface area contributed by atoms with E-state index < -0.39 is 4.92 Å². The third kappa shape index (κ3) is 6.54. The Morgan fingerprint density at radius 1 is 0.962 bits per heavy atom. The van der Waals surface area contributed by atoms with E-state index in [1.54, 1.807) is 12.1 Å². The molecule has 0 aromatic heterocycles. The summed E-state index contributed by atoms with van der Waals surface area (Å²) in [6.07, 6.45) is 0. The van der Waals surface area contributed by atoms with Crippen molar-refractivity contribution in [1.29, 1.82) is 0 Å². The van der Waals surface area contributed by atoms with Gasteiger partial charge in [-0.1, -0.05) is 12.1 Å². The van der Waals surface area contributed by atoms with Gasteiger partial charge >= 0.3 is 0 Å². The molecule has 0 spiro atoms. The minimum Gasteiger partial charge on any atom is -0.384 e. The number of hydrogen-bond donors (Lipinski definition) is 2. The van der Waals surface area contributed by atoms with Gasteiger partial charge < -0.3 is 15.5 Å². The quantitative estimate of drug-likeness (QED) is 0.370. The highest BCUT2D eigenvalue weighted by Crippen LogP contribution is 2.15. The molecule has 26 heavy (non-hydrogen) atoms. The first-order valence-electron chi connectivity index (χ1n) is 8.67. The van der Waals surface area contributed by atoms with E-state index >= 15 is 0 Å². The largest absolute Gasteiger partial charge is 0.384 e. The van der Waals surface area contributed by atoms with Gasteiger partial charge in [-0.15, -0.1) is 12.4 Å². The maximum absolute atomic E-state index is 10.6. The summed E-state index contributed by atoms with van der Waals surface area (Å²) < 4.78 is 0. The molecule has 0 aliphatic heterocycles. The Morgan fingerprint density at radius 3 is 2.12 bits per heavy atom. The molecule has 142 valence electrons. The minimum atomic E-state index is -0.392. The smallest absolute Gasteiger partial charge is 0.269 e. The highest BCUT2D eigenvalue weighted by Gasteiger charge is 2.03. The molecule has 2 N–H and O–H groups in total. The van der Waals surface area contributed by atoms with Crippen molar-refractivity contribution in [2.75, 3.05) is 36.4 Å². The van der Waals surface area contributed by atoms with Crippen molar-refractivity contribution < 1.29 is 4.92 Å². The number of nitro benzene ring substituents is 1. The van der Waals surface area contributed by atoms with E-state index in [-0.39, 0.29) is 18.1 Å². The van der Waals surface area contributed by atoms with Crippen molar-refractivity contribution >= 4 is 29.5 Å². The van der Waals surface area contributed by atoms with Crippen LogP contribution in [-0.4, -0.2) is 31.1 Å². The Balaban J connectivity index is 0.00000338. The third-order valence-electron chi connectivity index (χ3n) is 4.10. The van der Waals surface area contributed by atoms with Crippen LogP contribution in [0.2, 0.25) is 0 Å². The molecule has 0 unspecified atom stereocenters. The lowest BCUT2D eigenvalue weighted by Crippen LogP contribution is -2.22. The van der Waals surface area contributed by atoms with Crippen LogP contribution in [0, 0.1) is 10.1 Å². The van der Waals surface area contributed by atoms with Crippen LogP contribution >= 0.6 is 12.4 Å². The summed E-state index contributed by atoms with van der Waals surface area (Å²) in [5.74, 6) is 0. The Bertz CT molecular complexity index is 658. The van der Waals surface area contributed by atoms with E-state index in [4.69, 9.17) is 0 Å². The number of benzene rings is 2. The van der Waals surface area contributed by atoms with Crippen LogP contribution in [0.4, 0.5) is 17.1 Å². The SMILES string of the molecule is CCN(CC)c1ccc(CNCCNc2ccc([N+](=O)[O-])cc2)cc1.Cl. The van der Waals surface area contributed by atoms with E-state index in [1.165, 1.54) is 23.4 Å². The maximum atomic E-state index is 10.6. The van der Waals surface area contributed by atoms with Gasteiger partial charge in [-0.05, 0) is 43.7 Å². The maximum Gasteiger partial charge on any atom is 0.269 e. The zero-order valence-electron chi connectivity index (χ0n) is 15.3. The fourth-order valence-electron chi connectivity index (χ4n) is 2.64. The van der Waals surface area contributed by atoms with Crippen LogP contribution in [0.5, 0.6) is 0 Å². The molecule has 7 heteroatoms. The average Bonchev–Trinajstić information content (AvgIpc) is 2.64. The molecule has 2 aromatic rings. The molecule has 0 heterocycles. The van der Waals surface area contributed by atoms with Crippen LogP contribution < -0.4 is 15.5 Å². The third-order valence-corrected chi connectivity index (χ3v) is 4.10. The lowest BCUT2D eigenvalue weighted by Gasteiger charge is -2.21. The molecule has 0 aliphatic carbocycles. The molecular weight excluding hydrogens is 352 g/mol. The van der Waals surface area contributed by atoms with E-state index in [0.29, 0.717) is 0 Å². The highest BCUT2D eigenvalue weighted by atomic mass is 35.5. The van der Waals surface area contributed by atoms with Gasteiger partial charge in [0, 0.05) is 56.2 Å². The van der Waals surface area contributed by atoms with Gasteiger partial charge in [0.15, 0.2) is 0 Å². The fourth-order valence-corrected chi connectivity index (χ4v) is 2.64. The van der Waals surface area contributed by atoms with Crippen molar-refractivity contribution in [3.63, 3.8) is 0 Å². The summed E-state index contributed by atoms with van der Waals surface area (Å²) in [6, 6.07) is 15.1. The number of hydrogen-bond acceptors (Lipinski definition) is 5. The van der Waals surface area contributed by atoms with Gasteiger partial charge in [0.05, 0.1) is 4.92 Å². The van der Waals surface area contributed by atoms with Crippen molar-refractivity contribution in [1.82, 2.24) is 5.32 Å². The lowest BCUT2D eigenvalue weighted by atomic mass is 10.2. The van der Waals surface area contributed by atoms with Crippen LogP contribution in [0.15, 0.2) is 48.5 Å². The van der Waals surface area contributed by atoms with Crippen LogP contribution in [0.25, 0.3) is 0 Å². The molecule has 0 radical (unpaired) electrons. The van der Waals surface area contributed by atoms with E-state index in [0.717, 1.165) is 38.4 Å². The van der Waals surface area contributed by atoms with Crippen molar-refractivity contribution in [2.24, 2.45) is 0 Å². The second-order valence-corrected chi connectivity index (χ2v) is 5.75.